The van der Waals surface area contributed by atoms with Crippen LogP contribution in [-0.4, -0.2) is 6.61 Å². The van der Waals surface area contributed by atoms with Crippen LogP contribution in [0.25, 0.3) is 0 Å². The maximum absolute atomic E-state index is 5.87. The van der Waals surface area contributed by atoms with Crippen molar-refractivity contribution >= 4 is 33.4 Å². The first-order chi connectivity index (χ1) is 8.67. The molecule has 0 fully saturated rings. The smallest absolute Gasteiger partial charge is 0.122 e. The zero-order valence-corrected chi connectivity index (χ0v) is 12.4. The zero-order valence-electron chi connectivity index (χ0n) is 10.0. The summed E-state index contributed by atoms with van der Waals surface area (Å²) in [7, 11) is 0. The van der Waals surface area contributed by atoms with Crippen molar-refractivity contribution < 1.29 is 4.74 Å². The molecule has 0 aromatic heterocycles. The number of ether oxygens (including phenoxy) is 1. The van der Waals surface area contributed by atoms with Gasteiger partial charge in [0.05, 0.1) is 6.61 Å². The first-order valence-corrected chi connectivity index (χ1v) is 7.25. The van der Waals surface area contributed by atoms with Crippen molar-refractivity contribution in [3.8, 4) is 5.75 Å². The van der Waals surface area contributed by atoms with Gasteiger partial charge in [0, 0.05) is 26.0 Å². The Morgan fingerprint density at radius 3 is 2.72 bits per heavy atom. The molecule has 0 spiro atoms. The van der Waals surface area contributed by atoms with Gasteiger partial charge in [-0.25, -0.2) is 0 Å². The van der Waals surface area contributed by atoms with Crippen LogP contribution >= 0.6 is 27.7 Å². The first kappa shape index (κ1) is 13.3. The van der Waals surface area contributed by atoms with Crippen LogP contribution in [0.1, 0.15) is 6.92 Å². The molecule has 2 nitrogen and oxygen atoms in total. The van der Waals surface area contributed by atoms with Gasteiger partial charge >= 0.3 is 0 Å². The van der Waals surface area contributed by atoms with Crippen molar-refractivity contribution in [2.75, 3.05) is 12.3 Å². The van der Waals surface area contributed by atoms with Crippen LogP contribution in [0.2, 0.25) is 0 Å². The van der Waals surface area contributed by atoms with Crippen LogP contribution in [0, 0.1) is 0 Å². The fourth-order valence-electron chi connectivity index (χ4n) is 1.57. The summed E-state index contributed by atoms with van der Waals surface area (Å²) in [5.74, 6) is 0.815. The van der Waals surface area contributed by atoms with Crippen molar-refractivity contribution in [1.82, 2.24) is 0 Å². The summed E-state index contributed by atoms with van der Waals surface area (Å²) in [6.45, 7) is 2.61. The highest BCUT2D eigenvalue weighted by atomic mass is 79.9. The Morgan fingerprint density at radius 1 is 1.17 bits per heavy atom. The molecule has 18 heavy (non-hydrogen) atoms. The maximum atomic E-state index is 5.87. The number of benzene rings is 2. The average Bonchev–Trinajstić information content (AvgIpc) is 2.28. The second-order valence-corrected chi connectivity index (χ2v) is 5.79. The van der Waals surface area contributed by atoms with E-state index < -0.39 is 0 Å². The van der Waals surface area contributed by atoms with Crippen LogP contribution in [0.5, 0.6) is 5.75 Å². The fraction of sp³-hybridized carbons (Fsp3) is 0.143. The molecule has 0 saturated carbocycles. The van der Waals surface area contributed by atoms with Crippen LogP contribution in [0.15, 0.2) is 56.7 Å². The molecule has 0 saturated heterocycles. The summed E-state index contributed by atoms with van der Waals surface area (Å²) in [4.78, 5) is 2.24. The van der Waals surface area contributed by atoms with E-state index in [-0.39, 0.29) is 0 Å². The molecule has 0 bridgehead atoms. The maximum Gasteiger partial charge on any atom is 0.122 e. The molecular formula is C14H14BrNOS. The Hall–Kier alpha value is -1.13. The molecule has 2 aromatic carbocycles. The molecule has 0 atom stereocenters. The van der Waals surface area contributed by atoms with E-state index in [1.54, 1.807) is 11.8 Å². The normalized spacial score (nSPS) is 10.3. The van der Waals surface area contributed by atoms with Gasteiger partial charge in [0.1, 0.15) is 5.75 Å². The van der Waals surface area contributed by atoms with E-state index in [0.717, 1.165) is 25.7 Å². The third-order valence-corrected chi connectivity index (χ3v) is 3.70. The molecule has 0 unspecified atom stereocenters. The van der Waals surface area contributed by atoms with E-state index in [4.69, 9.17) is 10.5 Å². The zero-order chi connectivity index (χ0) is 13.0. The summed E-state index contributed by atoms with van der Waals surface area (Å²) < 4.78 is 6.56. The number of hydrogen-bond acceptors (Lipinski definition) is 3. The molecule has 4 heteroatoms. The molecule has 0 aliphatic heterocycles. The molecule has 0 heterocycles. The van der Waals surface area contributed by atoms with E-state index in [1.165, 1.54) is 0 Å². The van der Waals surface area contributed by atoms with Gasteiger partial charge in [-0.15, -0.1) is 0 Å². The van der Waals surface area contributed by atoms with Crippen molar-refractivity contribution in [2.24, 2.45) is 0 Å². The van der Waals surface area contributed by atoms with E-state index in [0.29, 0.717) is 6.61 Å². The lowest BCUT2D eigenvalue weighted by atomic mass is 10.3. The van der Waals surface area contributed by atoms with Gasteiger partial charge < -0.3 is 10.5 Å². The molecule has 94 valence electrons. The Labute approximate surface area is 120 Å². The van der Waals surface area contributed by atoms with Gasteiger partial charge in [0.25, 0.3) is 0 Å². The molecule has 0 radical (unpaired) electrons. The van der Waals surface area contributed by atoms with Gasteiger partial charge in [-0.3, -0.25) is 0 Å². The molecule has 0 amide bonds. The number of halogens is 1. The fourth-order valence-corrected chi connectivity index (χ4v) is 3.09. The Bertz CT molecular complexity index is 545. The van der Waals surface area contributed by atoms with Gasteiger partial charge in [-0.05, 0) is 37.3 Å². The third kappa shape index (κ3) is 3.68. The minimum absolute atomic E-state index is 0.643. The Morgan fingerprint density at radius 2 is 2.00 bits per heavy atom. The predicted molar refractivity (Wildman–Crippen MR) is 80.3 cm³/mol. The predicted octanol–water partition coefficient (Wildman–Crippen LogP) is 4.58. The van der Waals surface area contributed by atoms with Gasteiger partial charge in [0.2, 0.25) is 0 Å². The number of rotatable bonds is 4. The van der Waals surface area contributed by atoms with E-state index in [9.17, 15) is 0 Å². The van der Waals surface area contributed by atoms with Crippen molar-refractivity contribution in [3.63, 3.8) is 0 Å². The summed E-state index contributed by atoms with van der Waals surface area (Å²) in [5.41, 5.74) is 6.59. The molecule has 0 aliphatic carbocycles. The van der Waals surface area contributed by atoms with Crippen molar-refractivity contribution in [1.29, 1.82) is 0 Å². The number of nitrogens with two attached hydrogens (primary N) is 1. The minimum atomic E-state index is 0.643. The second kappa shape index (κ2) is 6.16. The highest BCUT2D eigenvalue weighted by molar-refractivity contribution is 9.10. The molecule has 2 rings (SSSR count). The molecule has 2 aromatic rings. The Kier molecular flexibility index (Phi) is 4.55. The molecule has 0 aliphatic rings. The van der Waals surface area contributed by atoms with Gasteiger partial charge in [-0.2, -0.15) is 0 Å². The minimum Gasteiger partial charge on any atom is -0.494 e. The standard InChI is InChI=1S/C14H14BrNOS/c1-2-17-12-7-11(16)8-14(9-12)18-13-5-3-4-10(15)6-13/h3-9H,2,16H2,1H3. The SMILES string of the molecule is CCOc1cc(N)cc(Sc2cccc(Br)c2)c1. The number of nitrogen functional groups attached to an aromatic ring is 1. The third-order valence-electron chi connectivity index (χ3n) is 2.25. The van der Waals surface area contributed by atoms with Crippen molar-refractivity contribution in [3.05, 3.63) is 46.9 Å². The number of anilines is 1. The summed E-state index contributed by atoms with van der Waals surface area (Å²) in [6, 6.07) is 14.0. The first-order valence-electron chi connectivity index (χ1n) is 5.64. The molecular weight excluding hydrogens is 310 g/mol. The van der Waals surface area contributed by atoms with Crippen LogP contribution in [0.4, 0.5) is 5.69 Å². The second-order valence-electron chi connectivity index (χ2n) is 3.73. The highest BCUT2D eigenvalue weighted by Crippen LogP contribution is 2.33. The largest absolute Gasteiger partial charge is 0.494 e. The number of hydrogen-bond donors (Lipinski definition) is 1. The molecule has 2 N–H and O–H groups in total. The topological polar surface area (TPSA) is 35.2 Å². The van der Waals surface area contributed by atoms with E-state index >= 15 is 0 Å². The lowest BCUT2D eigenvalue weighted by molar-refractivity contribution is 0.339. The van der Waals surface area contributed by atoms with Crippen LogP contribution < -0.4 is 10.5 Å². The van der Waals surface area contributed by atoms with Crippen LogP contribution in [0.3, 0.4) is 0 Å². The van der Waals surface area contributed by atoms with Gasteiger partial charge in [0.15, 0.2) is 0 Å². The summed E-state index contributed by atoms with van der Waals surface area (Å²) >= 11 is 5.13. The van der Waals surface area contributed by atoms with E-state index in [2.05, 4.69) is 28.1 Å². The highest BCUT2D eigenvalue weighted by Gasteiger charge is 2.02. The Balaban J connectivity index is 2.23. The monoisotopic (exact) mass is 323 g/mol. The average molecular weight is 324 g/mol. The van der Waals surface area contributed by atoms with Crippen molar-refractivity contribution in [2.45, 2.75) is 16.7 Å². The van der Waals surface area contributed by atoms with E-state index in [1.807, 2.05) is 37.3 Å². The lowest BCUT2D eigenvalue weighted by Gasteiger charge is -2.08. The summed E-state index contributed by atoms with van der Waals surface area (Å²) in [6.07, 6.45) is 0. The lowest BCUT2D eigenvalue weighted by Crippen LogP contribution is -1.93. The summed E-state index contributed by atoms with van der Waals surface area (Å²) in [5, 5.41) is 0. The van der Waals surface area contributed by atoms with Gasteiger partial charge in [-0.1, -0.05) is 33.8 Å². The van der Waals surface area contributed by atoms with Crippen LogP contribution in [-0.2, 0) is 0 Å². The quantitative estimate of drug-likeness (QED) is 0.836.